The molecule has 2 aromatic rings. The van der Waals surface area contributed by atoms with E-state index in [9.17, 15) is 14.4 Å². The molecule has 148 valence electrons. The Hall–Kier alpha value is -1.99. The number of esters is 1. The first-order chi connectivity index (χ1) is 14.0. The summed E-state index contributed by atoms with van der Waals surface area (Å²) < 4.78 is 5.38. The first kappa shape index (κ1) is 19.0. The molecule has 1 aliphatic heterocycles. The second-order valence-electron chi connectivity index (χ2n) is 7.77. The Labute approximate surface area is 184 Å². The third-order valence-corrected chi connectivity index (χ3v) is 9.51. The van der Waals surface area contributed by atoms with Gasteiger partial charge in [0, 0.05) is 9.65 Å². The van der Waals surface area contributed by atoms with Crippen LogP contribution in [0.1, 0.15) is 16.8 Å². The molecule has 6 atom stereocenters. The molecule has 2 aliphatic carbocycles. The molecule has 0 spiro atoms. The number of amides is 2. The van der Waals surface area contributed by atoms with Crippen molar-refractivity contribution >= 4 is 55.3 Å². The highest BCUT2D eigenvalue weighted by molar-refractivity contribution is 9.12. The van der Waals surface area contributed by atoms with E-state index in [1.165, 1.54) is 4.90 Å². The molecular formula is C22H17Br2NO4. The molecular weight excluding hydrogens is 502 g/mol. The fourth-order valence-electron chi connectivity index (χ4n) is 5.01. The van der Waals surface area contributed by atoms with Gasteiger partial charge in [0.25, 0.3) is 0 Å². The molecule has 2 amide bonds. The van der Waals surface area contributed by atoms with Crippen LogP contribution in [0.3, 0.4) is 0 Å². The van der Waals surface area contributed by atoms with Crippen LogP contribution < -0.4 is 9.64 Å². The minimum Gasteiger partial charge on any atom is -0.423 e. The molecule has 29 heavy (non-hydrogen) atoms. The zero-order valence-corrected chi connectivity index (χ0v) is 18.4. The molecule has 2 bridgehead atoms. The summed E-state index contributed by atoms with van der Waals surface area (Å²) in [5.41, 5.74) is 0.976. The summed E-state index contributed by atoms with van der Waals surface area (Å²) >= 11 is 7.39. The van der Waals surface area contributed by atoms with Gasteiger partial charge in [0.05, 0.1) is 23.1 Å². The van der Waals surface area contributed by atoms with Crippen molar-refractivity contribution in [1.82, 2.24) is 0 Å². The first-order valence-electron chi connectivity index (χ1n) is 9.50. The maximum atomic E-state index is 13.1. The third kappa shape index (κ3) is 2.89. The van der Waals surface area contributed by atoms with E-state index in [4.69, 9.17) is 4.74 Å². The number of benzene rings is 2. The van der Waals surface area contributed by atoms with Crippen molar-refractivity contribution < 1.29 is 19.1 Å². The topological polar surface area (TPSA) is 63.7 Å². The van der Waals surface area contributed by atoms with E-state index in [2.05, 4.69) is 31.9 Å². The summed E-state index contributed by atoms with van der Waals surface area (Å²) in [5, 5.41) is 0. The van der Waals surface area contributed by atoms with Crippen molar-refractivity contribution in [3.63, 3.8) is 0 Å². The van der Waals surface area contributed by atoms with Gasteiger partial charge in [-0.2, -0.15) is 0 Å². The number of anilines is 1. The lowest BCUT2D eigenvalue weighted by molar-refractivity contribution is -0.123. The van der Waals surface area contributed by atoms with Gasteiger partial charge in [-0.25, -0.2) is 4.79 Å². The van der Waals surface area contributed by atoms with Gasteiger partial charge in [-0.15, -0.1) is 0 Å². The minimum absolute atomic E-state index is 0.120. The van der Waals surface area contributed by atoms with Crippen LogP contribution in [0, 0.1) is 23.7 Å². The standard InChI is InChI=1S/C22H17Br2NO4/c23-18-14-10-15(19(18)24)17-16(14)20(26)25(21(17)27)12-6-8-13(9-7-12)29-22(28)11-4-2-1-3-5-11/h1-9,14-19H,10H2/t14-,15-,16-,17+,18-,19+/m0/s1. The molecule has 0 N–H and O–H groups in total. The zero-order chi connectivity index (χ0) is 20.3. The van der Waals surface area contributed by atoms with Gasteiger partial charge in [-0.1, -0.05) is 50.1 Å². The van der Waals surface area contributed by atoms with Crippen molar-refractivity contribution in [2.75, 3.05) is 4.90 Å². The zero-order valence-electron chi connectivity index (χ0n) is 15.2. The van der Waals surface area contributed by atoms with Crippen LogP contribution in [-0.4, -0.2) is 27.4 Å². The molecule has 0 radical (unpaired) electrons. The largest absolute Gasteiger partial charge is 0.423 e. The first-order valence-corrected chi connectivity index (χ1v) is 11.3. The number of alkyl halides is 2. The molecule has 3 aliphatic rings. The lowest BCUT2D eigenvalue weighted by Crippen LogP contribution is -2.37. The average Bonchev–Trinajstić information content (AvgIpc) is 3.34. The Morgan fingerprint density at radius 2 is 1.41 bits per heavy atom. The van der Waals surface area contributed by atoms with E-state index >= 15 is 0 Å². The average molecular weight is 519 g/mol. The minimum atomic E-state index is -0.454. The SMILES string of the molecule is O=C(Oc1ccc(N2C(=O)[C@@H]3[C@@H]4C[C@H]([C@H](Br)[C@@H]4Br)[C@@H]3C2=O)cc1)c1ccccc1. The lowest BCUT2D eigenvalue weighted by atomic mass is 9.81. The van der Waals surface area contributed by atoms with Crippen LogP contribution in [0.4, 0.5) is 5.69 Å². The highest BCUT2D eigenvalue weighted by Crippen LogP contribution is 2.60. The second kappa shape index (κ2) is 7.06. The van der Waals surface area contributed by atoms with Gasteiger partial charge in [-0.3, -0.25) is 14.5 Å². The number of ether oxygens (including phenoxy) is 1. The van der Waals surface area contributed by atoms with Crippen LogP contribution in [-0.2, 0) is 9.59 Å². The monoisotopic (exact) mass is 517 g/mol. The Morgan fingerprint density at radius 1 is 0.862 bits per heavy atom. The van der Waals surface area contributed by atoms with E-state index in [1.54, 1.807) is 48.5 Å². The van der Waals surface area contributed by atoms with E-state index in [0.717, 1.165) is 6.42 Å². The Balaban J connectivity index is 1.35. The number of fused-ring (bicyclic) bond motifs is 5. The Kier molecular flexibility index (Phi) is 4.62. The Morgan fingerprint density at radius 3 is 1.97 bits per heavy atom. The van der Waals surface area contributed by atoms with Gasteiger partial charge in [-0.05, 0) is 54.7 Å². The van der Waals surface area contributed by atoms with E-state index in [1.807, 2.05) is 6.07 Å². The number of imide groups is 1. The Bertz CT molecular complexity index is 962. The molecule has 2 saturated carbocycles. The van der Waals surface area contributed by atoms with Crippen LogP contribution >= 0.6 is 31.9 Å². The molecule has 5 rings (SSSR count). The van der Waals surface area contributed by atoms with Crippen LogP contribution in [0.25, 0.3) is 0 Å². The highest BCUT2D eigenvalue weighted by Gasteiger charge is 2.66. The van der Waals surface area contributed by atoms with Crippen LogP contribution in [0.5, 0.6) is 5.75 Å². The van der Waals surface area contributed by atoms with Gasteiger partial charge in [0.15, 0.2) is 0 Å². The van der Waals surface area contributed by atoms with Crippen LogP contribution in [0.2, 0.25) is 0 Å². The molecule has 2 aromatic carbocycles. The van der Waals surface area contributed by atoms with Gasteiger partial charge in [0.2, 0.25) is 11.8 Å². The second-order valence-corrected chi connectivity index (χ2v) is 9.88. The number of carbonyl (C=O) groups excluding carboxylic acids is 3. The number of carbonyl (C=O) groups is 3. The number of rotatable bonds is 3. The van der Waals surface area contributed by atoms with Gasteiger partial charge < -0.3 is 4.74 Å². The molecule has 3 fully saturated rings. The molecule has 5 nitrogen and oxygen atoms in total. The van der Waals surface area contributed by atoms with Crippen LogP contribution in [0.15, 0.2) is 54.6 Å². The summed E-state index contributed by atoms with van der Waals surface area (Å²) in [7, 11) is 0. The number of hydrogen-bond donors (Lipinski definition) is 0. The van der Waals surface area contributed by atoms with Crippen molar-refractivity contribution in [1.29, 1.82) is 0 Å². The summed E-state index contributed by atoms with van der Waals surface area (Å²) in [5.74, 6) is -0.463. The number of halogens is 2. The predicted molar refractivity (Wildman–Crippen MR) is 114 cm³/mol. The van der Waals surface area contributed by atoms with Crippen molar-refractivity contribution in [3.05, 3.63) is 60.2 Å². The molecule has 7 heteroatoms. The fraction of sp³-hybridized carbons (Fsp3) is 0.318. The summed E-state index contributed by atoms with van der Waals surface area (Å²) in [6.45, 7) is 0. The third-order valence-electron chi connectivity index (χ3n) is 6.30. The predicted octanol–water partition coefficient (Wildman–Crippen LogP) is 4.19. The molecule has 1 saturated heterocycles. The maximum absolute atomic E-state index is 13.1. The van der Waals surface area contributed by atoms with Gasteiger partial charge in [0.1, 0.15) is 5.75 Å². The molecule has 0 aromatic heterocycles. The highest BCUT2D eigenvalue weighted by atomic mass is 79.9. The fourth-order valence-corrected chi connectivity index (χ4v) is 6.88. The number of nitrogens with zero attached hydrogens (tertiary/aromatic N) is 1. The molecule has 0 unspecified atom stereocenters. The van der Waals surface area contributed by atoms with Crippen molar-refractivity contribution in [2.45, 2.75) is 16.1 Å². The van der Waals surface area contributed by atoms with E-state index in [0.29, 0.717) is 17.0 Å². The smallest absolute Gasteiger partial charge is 0.343 e. The van der Waals surface area contributed by atoms with Gasteiger partial charge >= 0.3 is 5.97 Å². The quantitative estimate of drug-likeness (QED) is 0.264. The van der Waals surface area contributed by atoms with E-state index in [-0.39, 0.29) is 45.1 Å². The van der Waals surface area contributed by atoms with Crippen molar-refractivity contribution in [2.24, 2.45) is 23.7 Å². The maximum Gasteiger partial charge on any atom is 0.343 e. The lowest BCUT2D eigenvalue weighted by Gasteiger charge is -2.28. The summed E-state index contributed by atoms with van der Waals surface area (Å²) in [6, 6.07) is 15.3. The van der Waals surface area contributed by atoms with Crippen molar-refractivity contribution in [3.8, 4) is 5.75 Å². The van der Waals surface area contributed by atoms with E-state index < -0.39 is 5.97 Å². The number of hydrogen-bond acceptors (Lipinski definition) is 4. The summed E-state index contributed by atoms with van der Waals surface area (Å²) in [4.78, 5) is 40.1. The summed E-state index contributed by atoms with van der Waals surface area (Å²) in [6.07, 6.45) is 0.904. The molecule has 1 heterocycles. The normalized spacial score (nSPS) is 32.6.